The van der Waals surface area contributed by atoms with E-state index in [1.54, 1.807) is 10.7 Å². The molecule has 21 heavy (non-hydrogen) atoms. The summed E-state index contributed by atoms with van der Waals surface area (Å²) in [6.45, 7) is 6.94. The van der Waals surface area contributed by atoms with Crippen molar-refractivity contribution in [2.45, 2.75) is 26.3 Å². The quantitative estimate of drug-likeness (QED) is 0.936. The molecule has 1 amide bonds. The van der Waals surface area contributed by atoms with Crippen LogP contribution in [0.15, 0.2) is 30.6 Å². The summed E-state index contributed by atoms with van der Waals surface area (Å²) in [4.78, 5) is 14.7. The maximum atomic E-state index is 12.7. The van der Waals surface area contributed by atoms with Crippen LogP contribution in [-0.2, 0) is 0 Å². The SMILES string of the molecule is CCNC1CCN(C(=O)c2cnn3ccccc23)CC1C. The molecule has 0 aliphatic carbocycles. The number of rotatable bonds is 3. The van der Waals surface area contributed by atoms with Crippen molar-refractivity contribution in [3.05, 3.63) is 36.2 Å². The molecule has 5 heteroatoms. The number of fused-ring (bicyclic) bond motifs is 1. The average molecular weight is 286 g/mol. The van der Waals surface area contributed by atoms with Crippen molar-refractivity contribution >= 4 is 11.4 Å². The lowest BCUT2D eigenvalue weighted by molar-refractivity contribution is 0.0648. The molecule has 0 saturated carbocycles. The third-order valence-corrected chi connectivity index (χ3v) is 4.32. The van der Waals surface area contributed by atoms with Gasteiger partial charge >= 0.3 is 0 Å². The number of pyridine rings is 1. The summed E-state index contributed by atoms with van der Waals surface area (Å²) in [6.07, 6.45) is 4.56. The fourth-order valence-electron chi connectivity index (χ4n) is 3.17. The van der Waals surface area contributed by atoms with Gasteiger partial charge < -0.3 is 10.2 Å². The minimum Gasteiger partial charge on any atom is -0.338 e. The minimum atomic E-state index is 0.0954. The third-order valence-electron chi connectivity index (χ3n) is 4.32. The second kappa shape index (κ2) is 5.85. The van der Waals surface area contributed by atoms with E-state index in [0.29, 0.717) is 17.5 Å². The van der Waals surface area contributed by atoms with Gasteiger partial charge in [0.2, 0.25) is 0 Å². The molecule has 1 fully saturated rings. The van der Waals surface area contributed by atoms with Gasteiger partial charge in [-0.05, 0) is 31.0 Å². The number of amides is 1. The Morgan fingerprint density at radius 2 is 2.33 bits per heavy atom. The summed E-state index contributed by atoms with van der Waals surface area (Å²) in [6, 6.07) is 6.31. The highest BCUT2D eigenvalue weighted by molar-refractivity contribution is 6.00. The molecule has 0 spiro atoms. The van der Waals surface area contributed by atoms with Gasteiger partial charge in [-0.2, -0.15) is 5.10 Å². The lowest BCUT2D eigenvalue weighted by Crippen LogP contribution is -2.50. The van der Waals surface area contributed by atoms with Gasteiger partial charge in [0.25, 0.3) is 5.91 Å². The normalized spacial score (nSPS) is 22.7. The molecule has 5 nitrogen and oxygen atoms in total. The van der Waals surface area contributed by atoms with Crippen molar-refractivity contribution in [2.24, 2.45) is 5.92 Å². The van der Waals surface area contributed by atoms with Gasteiger partial charge in [0.1, 0.15) is 0 Å². The number of aromatic nitrogens is 2. The standard InChI is InChI=1S/C16H22N4O/c1-3-17-14-7-9-19(11-12(14)2)16(21)13-10-18-20-8-5-4-6-15(13)20/h4-6,8,10,12,14,17H,3,7,9,11H2,1-2H3. The highest BCUT2D eigenvalue weighted by Crippen LogP contribution is 2.20. The molecule has 3 heterocycles. The number of nitrogens with zero attached hydrogens (tertiary/aromatic N) is 3. The lowest BCUT2D eigenvalue weighted by Gasteiger charge is -2.37. The van der Waals surface area contributed by atoms with E-state index >= 15 is 0 Å². The molecule has 1 aliphatic heterocycles. The smallest absolute Gasteiger partial charge is 0.257 e. The number of carbonyl (C=O) groups is 1. The van der Waals surface area contributed by atoms with Crippen molar-refractivity contribution in [1.29, 1.82) is 0 Å². The highest BCUT2D eigenvalue weighted by Gasteiger charge is 2.29. The average Bonchev–Trinajstić information content (AvgIpc) is 2.93. The summed E-state index contributed by atoms with van der Waals surface area (Å²) in [7, 11) is 0. The van der Waals surface area contributed by atoms with Crippen molar-refractivity contribution in [2.75, 3.05) is 19.6 Å². The van der Waals surface area contributed by atoms with Gasteiger partial charge in [0.05, 0.1) is 17.3 Å². The first-order chi connectivity index (χ1) is 10.2. The summed E-state index contributed by atoms with van der Waals surface area (Å²) in [5.41, 5.74) is 1.58. The van der Waals surface area contributed by atoms with E-state index in [1.807, 2.05) is 29.3 Å². The van der Waals surface area contributed by atoms with Crippen LogP contribution in [0.25, 0.3) is 5.52 Å². The Kier molecular flexibility index (Phi) is 3.92. The molecule has 0 radical (unpaired) electrons. The van der Waals surface area contributed by atoms with Crippen LogP contribution >= 0.6 is 0 Å². The fourth-order valence-corrected chi connectivity index (χ4v) is 3.17. The van der Waals surface area contributed by atoms with Gasteiger partial charge in [0, 0.05) is 25.3 Å². The van der Waals surface area contributed by atoms with E-state index in [-0.39, 0.29) is 5.91 Å². The van der Waals surface area contributed by atoms with E-state index < -0.39 is 0 Å². The van der Waals surface area contributed by atoms with E-state index in [2.05, 4.69) is 24.3 Å². The van der Waals surface area contributed by atoms with Gasteiger partial charge in [-0.15, -0.1) is 0 Å². The van der Waals surface area contributed by atoms with Crippen LogP contribution in [0, 0.1) is 5.92 Å². The largest absolute Gasteiger partial charge is 0.338 e. The number of hydrogen-bond donors (Lipinski definition) is 1. The maximum Gasteiger partial charge on any atom is 0.257 e. The third kappa shape index (κ3) is 2.65. The molecular weight excluding hydrogens is 264 g/mol. The van der Waals surface area contributed by atoms with Crippen LogP contribution in [0.4, 0.5) is 0 Å². The summed E-state index contributed by atoms with van der Waals surface area (Å²) >= 11 is 0. The minimum absolute atomic E-state index is 0.0954. The first kappa shape index (κ1) is 14.1. The molecule has 112 valence electrons. The molecule has 2 atom stereocenters. The second-order valence-corrected chi connectivity index (χ2v) is 5.77. The van der Waals surface area contributed by atoms with Crippen LogP contribution in [-0.4, -0.2) is 46.1 Å². The first-order valence-corrected chi connectivity index (χ1v) is 7.65. The number of nitrogens with one attached hydrogen (secondary N) is 1. The van der Waals surface area contributed by atoms with E-state index in [4.69, 9.17) is 0 Å². The Hall–Kier alpha value is -1.88. The van der Waals surface area contributed by atoms with Crippen LogP contribution in [0.5, 0.6) is 0 Å². The van der Waals surface area contributed by atoms with Crippen LogP contribution in [0.3, 0.4) is 0 Å². The molecule has 2 unspecified atom stereocenters. The maximum absolute atomic E-state index is 12.7. The number of carbonyl (C=O) groups excluding carboxylic acids is 1. The number of likely N-dealkylation sites (tertiary alicyclic amines) is 1. The highest BCUT2D eigenvalue weighted by atomic mass is 16.2. The second-order valence-electron chi connectivity index (χ2n) is 5.77. The van der Waals surface area contributed by atoms with Crippen LogP contribution in [0.2, 0.25) is 0 Å². The zero-order chi connectivity index (χ0) is 14.8. The Labute approximate surface area is 124 Å². The Morgan fingerprint density at radius 3 is 3.10 bits per heavy atom. The zero-order valence-corrected chi connectivity index (χ0v) is 12.6. The predicted molar refractivity (Wildman–Crippen MR) is 82.3 cm³/mol. The number of piperidine rings is 1. The summed E-state index contributed by atoms with van der Waals surface area (Å²) in [5, 5.41) is 7.76. The van der Waals surface area contributed by atoms with Crippen molar-refractivity contribution in [3.8, 4) is 0 Å². The van der Waals surface area contributed by atoms with Gasteiger partial charge in [-0.1, -0.05) is 19.9 Å². The van der Waals surface area contributed by atoms with Crippen molar-refractivity contribution in [3.63, 3.8) is 0 Å². The molecule has 0 aromatic carbocycles. The molecule has 3 rings (SSSR count). The Morgan fingerprint density at radius 1 is 1.48 bits per heavy atom. The molecular formula is C16H22N4O. The monoisotopic (exact) mass is 286 g/mol. The molecule has 1 saturated heterocycles. The first-order valence-electron chi connectivity index (χ1n) is 7.65. The lowest BCUT2D eigenvalue weighted by atomic mass is 9.93. The topological polar surface area (TPSA) is 49.6 Å². The molecule has 1 N–H and O–H groups in total. The summed E-state index contributed by atoms with van der Waals surface area (Å²) < 4.78 is 1.75. The van der Waals surface area contributed by atoms with Crippen LogP contribution in [0.1, 0.15) is 30.6 Å². The van der Waals surface area contributed by atoms with Crippen LogP contribution < -0.4 is 5.32 Å². The van der Waals surface area contributed by atoms with E-state index in [9.17, 15) is 4.79 Å². The van der Waals surface area contributed by atoms with Crippen molar-refractivity contribution in [1.82, 2.24) is 19.8 Å². The Balaban J connectivity index is 1.77. The van der Waals surface area contributed by atoms with Gasteiger partial charge in [-0.25, -0.2) is 4.52 Å². The van der Waals surface area contributed by atoms with E-state index in [0.717, 1.165) is 31.6 Å². The zero-order valence-electron chi connectivity index (χ0n) is 12.6. The fraction of sp³-hybridized carbons (Fsp3) is 0.500. The van der Waals surface area contributed by atoms with Gasteiger partial charge in [-0.3, -0.25) is 4.79 Å². The molecule has 2 aromatic heterocycles. The van der Waals surface area contributed by atoms with Crippen molar-refractivity contribution < 1.29 is 4.79 Å². The number of hydrogen-bond acceptors (Lipinski definition) is 3. The molecule has 0 bridgehead atoms. The predicted octanol–water partition coefficient (Wildman–Crippen LogP) is 1.79. The van der Waals surface area contributed by atoms with E-state index in [1.165, 1.54) is 0 Å². The summed E-state index contributed by atoms with van der Waals surface area (Å²) in [5.74, 6) is 0.572. The molecule has 1 aliphatic rings. The van der Waals surface area contributed by atoms with Gasteiger partial charge in [0.15, 0.2) is 0 Å². The molecule has 2 aromatic rings. The Bertz CT molecular complexity index is 636.